The molecule has 0 spiro atoms. The molecule has 2 heterocycles. The van der Waals surface area contributed by atoms with Crippen molar-refractivity contribution in [1.29, 1.82) is 0 Å². The van der Waals surface area contributed by atoms with Gasteiger partial charge < -0.3 is 15.1 Å². The third-order valence-corrected chi connectivity index (χ3v) is 4.54. The van der Waals surface area contributed by atoms with Crippen molar-refractivity contribution < 1.29 is 18.0 Å². The Bertz CT molecular complexity index is 838. The van der Waals surface area contributed by atoms with E-state index in [0.717, 1.165) is 12.1 Å². The second kappa shape index (κ2) is 7.59. The number of piperazine rings is 1. The smallest absolute Gasteiger partial charge is 0.339 e. The van der Waals surface area contributed by atoms with Gasteiger partial charge in [-0.15, -0.1) is 0 Å². The van der Waals surface area contributed by atoms with Crippen molar-refractivity contribution in [2.45, 2.75) is 13.1 Å². The number of carbonyl (C=O) groups is 1. The lowest BCUT2D eigenvalue weighted by Crippen LogP contribution is -2.48. The number of rotatable bonds is 3. The van der Waals surface area contributed by atoms with E-state index in [-0.39, 0.29) is 16.6 Å². The number of anilines is 3. The number of carbonyl (C=O) groups excluding carboxylic acids is 1. The van der Waals surface area contributed by atoms with Gasteiger partial charge in [-0.05, 0) is 24.3 Å². The van der Waals surface area contributed by atoms with Gasteiger partial charge >= 0.3 is 6.18 Å². The van der Waals surface area contributed by atoms with Gasteiger partial charge in [0.25, 0.3) is 0 Å². The number of benzene rings is 1. The highest BCUT2D eigenvalue weighted by Crippen LogP contribution is 2.34. The quantitative estimate of drug-likeness (QED) is 0.855. The van der Waals surface area contributed by atoms with Crippen LogP contribution in [0.25, 0.3) is 0 Å². The Morgan fingerprint density at radius 3 is 2.52 bits per heavy atom. The molecule has 1 saturated heterocycles. The molecule has 1 fully saturated rings. The molecule has 0 radical (unpaired) electrons. The SMILES string of the molecule is CC(=O)N1CCN(c2nccc(Nc3cc(C(F)(F)F)ccc3Cl)n2)CC1. The van der Waals surface area contributed by atoms with Gasteiger partial charge in [0, 0.05) is 39.3 Å². The fourth-order valence-electron chi connectivity index (χ4n) is 2.73. The summed E-state index contributed by atoms with van der Waals surface area (Å²) in [6.07, 6.45) is -2.95. The zero-order valence-corrected chi connectivity index (χ0v) is 15.2. The van der Waals surface area contributed by atoms with E-state index >= 15 is 0 Å². The minimum absolute atomic E-state index is 0.0187. The Morgan fingerprint density at radius 1 is 1.19 bits per heavy atom. The molecule has 1 aromatic carbocycles. The Balaban J connectivity index is 1.76. The molecule has 0 bridgehead atoms. The number of amides is 1. The number of hydrogen-bond donors (Lipinski definition) is 1. The van der Waals surface area contributed by atoms with Crippen molar-refractivity contribution in [3.63, 3.8) is 0 Å². The third kappa shape index (κ3) is 4.60. The van der Waals surface area contributed by atoms with Crippen LogP contribution in [0, 0.1) is 0 Å². The second-order valence-electron chi connectivity index (χ2n) is 6.05. The van der Waals surface area contributed by atoms with E-state index in [1.807, 2.05) is 4.90 Å². The lowest BCUT2D eigenvalue weighted by Gasteiger charge is -2.34. The van der Waals surface area contributed by atoms with Crippen LogP contribution < -0.4 is 10.2 Å². The molecule has 3 rings (SSSR count). The predicted octanol–water partition coefficient (Wildman–Crippen LogP) is 3.56. The number of aromatic nitrogens is 2. The average molecular weight is 400 g/mol. The van der Waals surface area contributed by atoms with E-state index in [9.17, 15) is 18.0 Å². The average Bonchev–Trinajstić information content (AvgIpc) is 2.63. The van der Waals surface area contributed by atoms with Crippen LogP contribution in [0.5, 0.6) is 0 Å². The topological polar surface area (TPSA) is 61.4 Å². The van der Waals surface area contributed by atoms with Gasteiger partial charge in [-0.1, -0.05) is 11.6 Å². The number of nitrogens with one attached hydrogen (secondary N) is 1. The zero-order valence-electron chi connectivity index (χ0n) is 14.4. The molecule has 144 valence electrons. The largest absolute Gasteiger partial charge is 0.416 e. The maximum absolute atomic E-state index is 12.9. The molecule has 1 aromatic heterocycles. The fraction of sp³-hybridized carbons (Fsp3) is 0.353. The maximum Gasteiger partial charge on any atom is 0.416 e. The number of nitrogens with zero attached hydrogens (tertiary/aromatic N) is 4. The molecule has 2 aromatic rings. The van der Waals surface area contributed by atoms with Crippen LogP contribution in [-0.2, 0) is 11.0 Å². The molecule has 27 heavy (non-hydrogen) atoms. The molecule has 0 unspecified atom stereocenters. The molecule has 1 amide bonds. The molecule has 6 nitrogen and oxygen atoms in total. The van der Waals surface area contributed by atoms with Crippen molar-refractivity contribution in [1.82, 2.24) is 14.9 Å². The highest BCUT2D eigenvalue weighted by Gasteiger charge is 2.31. The van der Waals surface area contributed by atoms with Gasteiger partial charge in [0.15, 0.2) is 0 Å². The van der Waals surface area contributed by atoms with Crippen molar-refractivity contribution >= 4 is 35.0 Å². The van der Waals surface area contributed by atoms with Crippen LogP contribution in [0.15, 0.2) is 30.5 Å². The van der Waals surface area contributed by atoms with Gasteiger partial charge in [-0.2, -0.15) is 18.2 Å². The Kier molecular flexibility index (Phi) is 5.41. The number of hydrogen-bond acceptors (Lipinski definition) is 5. The van der Waals surface area contributed by atoms with Crippen LogP contribution >= 0.6 is 11.6 Å². The Hall–Kier alpha value is -2.55. The first-order chi connectivity index (χ1) is 12.7. The monoisotopic (exact) mass is 399 g/mol. The van der Waals surface area contributed by atoms with Crippen LogP contribution in [0.1, 0.15) is 12.5 Å². The summed E-state index contributed by atoms with van der Waals surface area (Å²) in [7, 11) is 0. The summed E-state index contributed by atoms with van der Waals surface area (Å²) < 4.78 is 38.7. The summed E-state index contributed by atoms with van der Waals surface area (Å²) in [4.78, 5) is 23.6. The van der Waals surface area contributed by atoms with E-state index < -0.39 is 11.7 Å². The minimum atomic E-state index is -4.46. The van der Waals surface area contributed by atoms with Gasteiger partial charge in [-0.3, -0.25) is 4.79 Å². The Morgan fingerprint density at radius 2 is 1.89 bits per heavy atom. The van der Waals surface area contributed by atoms with Crippen LogP contribution in [0.4, 0.5) is 30.6 Å². The van der Waals surface area contributed by atoms with E-state index in [2.05, 4.69) is 15.3 Å². The molecule has 1 aliphatic rings. The molecule has 0 saturated carbocycles. The zero-order chi connectivity index (χ0) is 19.6. The predicted molar refractivity (Wildman–Crippen MR) is 96.2 cm³/mol. The van der Waals surface area contributed by atoms with E-state index in [1.54, 1.807) is 11.0 Å². The molecule has 0 atom stereocenters. The molecule has 1 N–H and O–H groups in total. The summed E-state index contributed by atoms with van der Waals surface area (Å²) in [5.74, 6) is 0.784. The normalized spacial score (nSPS) is 15.0. The van der Waals surface area contributed by atoms with E-state index in [0.29, 0.717) is 37.9 Å². The summed E-state index contributed by atoms with van der Waals surface area (Å²) in [6.45, 7) is 3.81. The van der Waals surface area contributed by atoms with Gasteiger partial charge in [0.05, 0.1) is 16.3 Å². The highest BCUT2D eigenvalue weighted by atomic mass is 35.5. The fourth-order valence-corrected chi connectivity index (χ4v) is 2.89. The molecular weight excluding hydrogens is 383 g/mol. The van der Waals surface area contributed by atoms with Crippen LogP contribution in [0.2, 0.25) is 5.02 Å². The summed E-state index contributed by atoms with van der Waals surface area (Å²) >= 11 is 6.01. The number of halogens is 4. The van der Waals surface area contributed by atoms with Crippen LogP contribution in [0.3, 0.4) is 0 Å². The maximum atomic E-state index is 12.9. The lowest BCUT2D eigenvalue weighted by molar-refractivity contribution is -0.137. The van der Waals surface area contributed by atoms with Crippen molar-refractivity contribution in [3.8, 4) is 0 Å². The second-order valence-corrected chi connectivity index (χ2v) is 6.46. The van der Waals surface area contributed by atoms with Crippen molar-refractivity contribution in [3.05, 3.63) is 41.0 Å². The Labute approximate surface area is 159 Å². The molecule has 1 aliphatic heterocycles. The first-order valence-electron chi connectivity index (χ1n) is 8.21. The molecule has 0 aliphatic carbocycles. The van der Waals surface area contributed by atoms with Gasteiger partial charge in [0.1, 0.15) is 5.82 Å². The third-order valence-electron chi connectivity index (χ3n) is 4.21. The van der Waals surface area contributed by atoms with E-state index in [1.165, 1.54) is 19.2 Å². The lowest BCUT2D eigenvalue weighted by atomic mass is 10.2. The van der Waals surface area contributed by atoms with Crippen molar-refractivity contribution in [2.24, 2.45) is 0 Å². The molecule has 10 heteroatoms. The van der Waals surface area contributed by atoms with Gasteiger partial charge in [-0.25, -0.2) is 4.98 Å². The summed E-state index contributed by atoms with van der Waals surface area (Å²) in [5, 5.41) is 2.97. The number of alkyl halides is 3. The van der Waals surface area contributed by atoms with Crippen molar-refractivity contribution in [2.75, 3.05) is 36.4 Å². The first kappa shape index (κ1) is 19.2. The summed E-state index contributed by atoms with van der Waals surface area (Å²) in [5.41, 5.74) is -0.693. The van der Waals surface area contributed by atoms with Gasteiger partial charge in [0.2, 0.25) is 11.9 Å². The minimum Gasteiger partial charge on any atom is -0.339 e. The highest BCUT2D eigenvalue weighted by molar-refractivity contribution is 6.33. The summed E-state index contributed by atoms with van der Waals surface area (Å²) in [6, 6.07) is 4.60. The standard InChI is InChI=1S/C17H17ClF3N5O/c1-11(27)25-6-8-26(9-7-25)16-22-5-4-15(24-16)23-14-10-12(17(19,20)21)2-3-13(14)18/h2-5,10H,6-9H2,1H3,(H,22,23,24). The van der Waals surface area contributed by atoms with E-state index in [4.69, 9.17) is 11.6 Å². The first-order valence-corrected chi connectivity index (χ1v) is 8.59. The molecular formula is C17H17ClF3N5O. The van der Waals surface area contributed by atoms with Crippen LogP contribution in [-0.4, -0.2) is 47.0 Å².